The topological polar surface area (TPSA) is 22.0 Å². The van der Waals surface area contributed by atoms with Crippen LogP contribution in [0, 0.1) is 13.8 Å². The van der Waals surface area contributed by atoms with Gasteiger partial charge in [-0.05, 0) is 56.0 Å². The molecule has 0 amide bonds. The van der Waals surface area contributed by atoms with E-state index in [0.29, 0.717) is 6.42 Å². The lowest BCUT2D eigenvalue weighted by atomic mass is 9.96. The van der Waals surface area contributed by atoms with E-state index in [0.717, 1.165) is 34.3 Å². The summed E-state index contributed by atoms with van der Waals surface area (Å²) >= 11 is 3.60. The van der Waals surface area contributed by atoms with E-state index in [1.807, 2.05) is 12.3 Å². The molecule has 1 aromatic heterocycles. The van der Waals surface area contributed by atoms with Crippen molar-refractivity contribution in [1.29, 1.82) is 0 Å². The van der Waals surface area contributed by atoms with Crippen LogP contribution >= 0.6 is 15.9 Å². The fourth-order valence-electron chi connectivity index (χ4n) is 2.83. The summed E-state index contributed by atoms with van der Waals surface area (Å²) in [6.07, 6.45) is 4.66. The Bertz CT molecular complexity index is 646. The Morgan fingerprint density at radius 1 is 1.16 bits per heavy atom. The summed E-state index contributed by atoms with van der Waals surface area (Å²) < 4.78 is 3.33. The van der Waals surface area contributed by atoms with E-state index in [1.54, 1.807) is 0 Å². The van der Waals surface area contributed by atoms with Crippen LogP contribution in [0.4, 0.5) is 0 Å². The maximum Gasteiger partial charge on any atom is 0.164 e. The Morgan fingerprint density at radius 2 is 1.84 bits per heavy atom. The minimum Gasteiger partial charge on any atom is -0.320 e. The molecule has 0 saturated heterocycles. The van der Waals surface area contributed by atoms with Crippen molar-refractivity contribution in [1.82, 2.24) is 4.57 Å². The molecule has 0 fully saturated rings. The Kier molecular flexibility index (Phi) is 3.09. The van der Waals surface area contributed by atoms with E-state index in [4.69, 9.17) is 0 Å². The van der Waals surface area contributed by atoms with Gasteiger partial charge in [-0.15, -0.1) is 0 Å². The normalized spacial score (nSPS) is 14.6. The van der Waals surface area contributed by atoms with Gasteiger partial charge in [-0.2, -0.15) is 0 Å². The standard InChI is InChI=1S/C16H16BrNO/c1-10-8-12(9-11(2)16(10)17)18-7-6-13-14(18)4-3-5-15(13)19/h6-9H,3-5H2,1-2H3. The van der Waals surface area contributed by atoms with Crippen LogP contribution in [0.5, 0.6) is 0 Å². The quantitative estimate of drug-likeness (QED) is 0.765. The summed E-state index contributed by atoms with van der Waals surface area (Å²) in [6, 6.07) is 6.29. The molecule has 0 spiro atoms. The van der Waals surface area contributed by atoms with Crippen LogP contribution in [0.1, 0.15) is 40.0 Å². The molecule has 0 atom stereocenters. The monoisotopic (exact) mass is 317 g/mol. The van der Waals surface area contributed by atoms with Gasteiger partial charge in [0.15, 0.2) is 5.78 Å². The van der Waals surface area contributed by atoms with Crippen molar-refractivity contribution in [2.24, 2.45) is 0 Å². The second kappa shape index (κ2) is 4.64. The molecule has 1 aromatic carbocycles. The molecule has 1 aliphatic rings. The Balaban J connectivity index is 2.16. The number of ketones is 1. The molecule has 3 heteroatoms. The molecule has 1 heterocycles. The average molecular weight is 318 g/mol. The average Bonchev–Trinajstić information content (AvgIpc) is 2.80. The van der Waals surface area contributed by atoms with Crippen LogP contribution in [0.2, 0.25) is 0 Å². The largest absolute Gasteiger partial charge is 0.320 e. The summed E-state index contributed by atoms with van der Waals surface area (Å²) in [5.41, 5.74) is 5.66. The molecule has 0 radical (unpaired) electrons. The molecule has 0 N–H and O–H groups in total. The summed E-state index contributed by atoms with van der Waals surface area (Å²) in [5, 5.41) is 0. The van der Waals surface area contributed by atoms with Crippen LogP contribution in [-0.2, 0) is 6.42 Å². The lowest BCUT2D eigenvalue weighted by Crippen LogP contribution is -2.12. The highest BCUT2D eigenvalue weighted by molar-refractivity contribution is 9.10. The molecule has 0 aliphatic heterocycles. The number of fused-ring (bicyclic) bond motifs is 1. The van der Waals surface area contributed by atoms with Gasteiger partial charge in [0.2, 0.25) is 0 Å². The number of Topliss-reactive ketones (excluding diaryl/α,β-unsaturated/α-hetero) is 1. The molecule has 98 valence electrons. The van der Waals surface area contributed by atoms with Crippen LogP contribution in [0.15, 0.2) is 28.9 Å². The summed E-state index contributed by atoms with van der Waals surface area (Å²) in [7, 11) is 0. The van der Waals surface area contributed by atoms with Crippen molar-refractivity contribution in [2.45, 2.75) is 33.1 Å². The molecule has 2 nitrogen and oxygen atoms in total. The molecular formula is C16H16BrNO. The molecule has 19 heavy (non-hydrogen) atoms. The fourth-order valence-corrected chi connectivity index (χ4v) is 3.06. The Hall–Kier alpha value is -1.35. The molecule has 0 saturated carbocycles. The first-order valence-corrected chi connectivity index (χ1v) is 7.38. The van der Waals surface area contributed by atoms with E-state index >= 15 is 0 Å². The highest BCUT2D eigenvalue weighted by Crippen LogP contribution is 2.29. The lowest BCUT2D eigenvalue weighted by Gasteiger charge is -2.16. The van der Waals surface area contributed by atoms with Crippen LogP contribution < -0.4 is 0 Å². The highest BCUT2D eigenvalue weighted by atomic mass is 79.9. The first-order chi connectivity index (χ1) is 9.08. The van der Waals surface area contributed by atoms with Crippen LogP contribution in [0.3, 0.4) is 0 Å². The smallest absolute Gasteiger partial charge is 0.164 e. The summed E-state index contributed by atoms with van der Waals surface area (Å²) in [6.45, 7) is 4.20. The van der Waals surface area contributed by atoms with E-state index in [1.165, 1.54) is 11.1 Å². The SMILES string of the molecule is Cc1cc(-n2ccc3c2CCCC3=O)cc(C)c1Br. The first-order valence-electron chi connectivity index (χ1n) is 6.58. The minimum absolute atomic E-state index is 0.283. The van der Waals surface area contributed by atoms with Gasteiger partial charge in [-0.1, -0.05) is 15.9 Å². The fraction of sp³-hybridized carbons (Fsp3) is 0.312. The predicted octanol–water partition coefficient (Wildman–Crippen LogP) is 4.38. The van der Waals surface area contributed by atoms with Gasteiger partial charge in [0.1, 0.15) is 0 Å². The van der Waals surface area contributed by atoms with Crippen molar-refractivity contribution in [3.05, 3.63) is 51.3 Å². The van der Waals surface area contributed by atoms with Crippen molar-refractivity contribution >= 4 is 21.7 Å². The molecular weight excluding hydrogens is 302 g/mol. The Morgan fingerprint density at radius 3 is 2.53 bits per heavy atom. The molecule has 1 aliphatic carbocycles. The zero-order valence-corrected chi connectivity index (χ0v) is 12.8. The number of rotatable bonds is 1. The molecule has 2 aromatic rings. The van der Waals surface area contributed by atoms with E-state index in [-0.39, 0.29) is 5.78 Å². The number of carbonyl (C=O) groups excluding carboxylic acids is 1. The highest BCUT2D eigenvalue weighted by Gasteiger charge is 2.21. The minimum atomic E-state index is 0.283. The second-order valence-electron chi connectivity index (χ2n) is 5.22. The van der Waals surface area contributed by atoms with Gasteiger partial charge in [-0.3, -0.25) is 4.79 Å². The molecule has 0 bridgehead atoms. The van der Waals surface area contributed by atoms with Crippen molar-refractivity contribution in [2.75, 3.05) is 0 Å². The number of benzene rings is 1. The third-order valence-corrected chi connectivity index (χ3v) is 5.06. The van der Waals surface area contributed by atoms with Crippen LogP contribution in [0.25, 0.3) is 5.69 Å². The van der Waals surface area contributed by atoms with Crippen molar-refractivity contribution in [3.8, 4) is 5.69 Å². The maximum atomic E-state index is 11.9. The van der Waals surface area contributed by atoms with Gasteiger partial charge in [0.05, 0.1) is 0 Å². The van der Waals surface area contributed by atoms with Gasteiger partial charge < -0.3 is 4.57 Å². The Labute approximate surface area is 121 Å². The van der Waals surface area contributed by atoms with Gasteiger partial charge >= 0.3 is 0 Å². The third-order valence-electron chi connectivity index (χ3n) is 3.81. The van der Waals surface area contributed by atoms with Gasteiger partial charge in [0.25, 0.3) is 0 Å². The van der Waals surface area contributed by atoms with Gasteiger partial charge in [0, 0.05) is 34.0 Å². The third kappa shape index (κ3) is 2.06. The lowest BCUT2D eigenvalue weighted by molar-refractivity contribution is 0.0972. The molecule has 0 unspecified atom stereocenters. The second-order valence-corrected chi connectivity index (χ2v) is 6.01. The van der Waals surface area contributed by atoms with Crippen molar-refractivity contribution in [3.63, 3.8) is 0 Å². The zero-order valence-electron chi connectivity index (χ0n) is 11.2. The van der Waals surface area contributed by atoms with Crippen LogP contribution in [-0.4, -0.2) is 10.4 Å². The van der Waals surface area contributed by atoms with E-state index in [9.17, 15) is 4.79 Å². The van der Waals surface area contributed by atoms with E-state index < -0.39 is 0 Å². The van der Waals surface area contributed by atoms with Crippen molar-refractivity contribution < 1.29 is 4.79 Å². The number of aryl methyl sites for hydroxylation is 2. The maximum absolute atomic E-state index is 11.9. The summed E-state index contributed by atoms with van der Waals surface area (Å²) in [5.74, 6) is 0.283. The number of hydrogen-bond donors (Lipinski definition) is 0. The zero-order chi connectivity index (χ0) is 13.6. The number of carbonyl (C=O) groups is 1. The van der Waals surface area contributed by atoms with E-state index in [2.05, 4.69) is 46.5 Å². The predicted molar refractivity (Wildman–Crippen MR) is 80.2 cm³/mol. The number of nitrogens with zero attached hydrogens (tertiary/aromatic N) is 1. The first kappa shape index (κ1) is 12.7. The summed E-state index contributed by atoms with van der Waals surface area (Å²) in [4.78, 5) is 11.9. The number of hydrogen-bond acceptors (Lipinski definition) is 1. The van der Waals surface area contributed by atoms with Gasteiger partial charge in [-0.25, -0.2) is 0 Å². The number of halogens is 1. The number of aromatic nitrogens is 1. The molecule has 3 rings (SSSR count).